The molecule has 6 heteroatoms. The number of hydrogen-bond donors (Lipinski definition) is 0. The number of carbonyl (C=O) groups is 3. The summed E-state index contributed by atoms with van der Waals surface area (Å²) in [5.41, 5.74) is 0. The number of allylic oxidation sites excluding steroid dienone is 14. The van der Waals surface area contributed by atoms with Gasteiger partial charge in [-0.1, -0.05) is 157 Å². The Kier molecular flexibility index (Phi) is 41.6. The summed E-state index contributed by atoms with van der Waals surface area (Å²) in [6.45, 7) is 6.35. The SMILES string of the molecule is CC/C=C\C/C=C\C/C=C\C/C=C\C/C=C\CCCCCC(=O)OCC(COC(=O)CCC/C=C\CCCCCC)OC(=O)CCCCCC/C=C\CCCC. The summed E-state index contributed by atoms with van der Waals surface area (Å²) in [6, 6.07) is 0. The predicted molar refractivity (Wildman–Crippen MR) is 237 cm³/mol. The van der Waals surface area contributed by atoms with Crippen molar-refractivity contribution in [2.45, 2.75) is 200 Å². The molecule has 6 nitrogen and oxygen atoms in total. The molecule has 0 heterocycles. The van der Waals surface area contributed by atoms with Crippen molar-refractivity contribution in [3.8, 4) is 0 Å². The van der Waals surface area contributed by atoms with Gasteiger partial charge in [-0.25, -0.2) is 0 Å². The van der Waals surface area contributed by atoms with Crippen LogP contribution in [0, 0.1) is 0 Å². The van der Waals surface area contributed by atoms with Crippen LogP contribution in [0.5, 0.6) is 0 Å². The van der Waals surface area contributed by atoms with Crippen molar-refractivity contribution < 1.29 is 28.6 Å². The Hall–Kier alpha value is -3.41. The second-order valence-corrected chi connectivity index (χ2v) is 14.6. The first kappa shape index (κ1) is 52.6. The summed E-state index contributed by atoms with van der Waals surface area (Å²) in [5.74, 6) is -0.997. The molecular weight excluding hydrogens is 697 g/mol. The van der Waals surface area contributed by atoms with Gasteiger partial charge in [0.05, 0.1) is 0 Å². The van der Waals surface area contributed by atoms with Crippen molar-refractivity contribution in [1.82, 2.24) is 0 Å². The zero-order valence-corrected chi connectivity index (χ0v) is 36.1. The van der Waals surface area contributed by atoms with Gasteiger partial charge in [-0.05, 0) is 103 Å². The molecule has 0 saturated carbocycles. The molecule has 0 aliphatic heterocycles. The smallest absolute Gasteiger partial charge is 0.306 e. The van der Waals surface area contributed by atoms with Crippen LogP contribution in [0.1, 0.15) is 194 Å². The lowest BCUT2D eigenvalue weighted by Gasteiger charge is -2.18. The maximum absolute atomic E-state index is 12.7. The van der Waals surface area contributed by atoms with E-state index in [0.717, 1.165) is 109 Å². The monoisotopic (exact) mass is 779 g/mol. The van der Waals surface area contributed by atoms with Crippen LogP contribution < -0.4 is 0 Å². The summed E-state index contributed by atoms with van der Waals surface area (Å²) in [4.78, 5) is 37.6. The predicted octanol–water partition coefficient (Wildman–Crippen LogP) is 14.5. The molecule has 0 aliphatic rings. The molecule has 56 heavy (non-hydrogen) atoms. The van der Waals surface area contributed by atoms with E-state index in [0.29, 0.717) is 25.7 Å². The molecule has 0 fully saturated rings. The van der Waals surface area contributed by atoms with Crippen LogP contribution >= 0.6 is 0 Å². The summed E-state index contributed by atoms with van der Waals surface area (Å²) in [7, 11) is 0. The van der Waals surface area contributed by atoms with E-state index in [2.05, 4.69) is 106 Å². The normalized spacial score (nSPS) is 12.8. The molecule has 0 aromatic carbocycles. The fourth-order valence-electron chi connectivity index (χ4n) is 5.69. The fourth-order valence-corrected chi connectivity index (χ4v) is 5.69. The first-order chi connectivity index (χ1) is 27.5. The van der Waals surface area contributed by atoms with Crippen LogP contribution in [-0.2, 0) is 28.6 Å². The highest BCUT2D eigenvalue weighted by molar-refractivity contribution is 5.71. The third kappa shape index (κ3) is 41.7. The van der Waals surface area contributed by atoms with Crippen LogP contribution in [0.4, 0.5) is 0 Å². The van der Waals surface area contributed by atoms with Crippen LogP contribution in [0.15, 0.2) is 85.1 Å². The Morgan fingerprint density at radius 1 is 0.375 bits per heavy atom. The highest BCUT2D eigenvalue weighted by Crippen LogP contribution is 2.11. The molecule has 0 aliphatic carbocycles. The van der Waals surface area contributed by atoms with Gasteiger partial charge in [-0.3, -0.25) is 14.4 Å². The lowest BCUT2D eigenvalue weighted by atomic mass is 10.1. The standard InChI is InChI=1S/C50H82O6/c1-4-7-10-13-16-19-21-22-23-24-25-26-27-28-29-32-34-37-40-43-49(52)55-46-47(45-54-48(51)42-39-36-33-30-18-15-12-9-6-3)56-50(53)44-41-38-35-31-20-17-14-11-8-5-2/h7,10,14,16-17,19,22-23,25-26,28-30,33,47H,4-6,8-9,11-13,15,18,20-21,24,27,31-32,34-46H2,1-3H3/b10-7-,17-14-,19-16-,23-22-,26-25-,29-28-,33-30-. The van der Waals surface area contributed by atoms with E-state index in [1.807, 2.05) is 0 Å². The fraction of sp³-hybridized carbons (Fsp3) is 0.660. The Balaban J connectivity index is 4.42. The van der Waals surface area contributed by atoms with Gasteiger partial charge in [-0.15, -0.1) is 0 Å². The highest BCUT2D eigenvalue weighted by atomic mass is 16.6. The van der Waals surface area contributed by atoms with E-state index in [-0.39, 0.29) is 31.1 Å². The molecule has 0 aromatic heterocycles. The second kappa shape index (κ2) is 44.3. The van der Waals surface area contributed by atoms with E-state index in [4.69, 9.17) is 14.2 Å². The van der Waals surface area contributed by atoms with Crippen LogP contribution in [0.2, 0.25) is 0 Å². The van der Waals surface area contributed by atoms with E-state index < -0.39 is 6.10 Å². The van der Waals surface area contributed by atoms with Gasteiger partial charge < -0.3 is 14.2 Å². The second-order valence-electron chi connectivity index (χ2n) is 14.6. The maximum Gasteiger partial charge on any atom is 0.306 e. The number of rotatable bonds is 39. The minimum Gasteiger partial charge on any atom is -0.462 e. The molecule has 0 saturated heterocycles. The molecular formula is C50H82O6. The van der Waals surface area contributed by atoms with Crippen molar-refractivity contribution >= 4 is 17.9 Å². The molecule has 0 radical (unpaired) electrons. The molecule has 0 amide bonds. The first-order valence-electron chi connectivity index (χ1n) is 22.6. The molecule has 0 aromatic rings. The summed E-state index contributed by atoms with van der Waals surface area (Å²) < 4.78 is 16.6. The molecule has 318 valence electrons. The Bertz CT molecular complexity index is 1120. The zero-order chi connectivity index (χ0) is 40.8. The first-order valence-corrected chi connectivity index (χ1v) is 22.6. The number of unbranched alkanes of at least 4 members (excludes halogenated alkanes) is 14. The average Bonchev–Trinajstić information content (AvgIpc) is 3.19. The topological polar surface area (TPSA) is 78.9 Å². The zero-order valence-electron chi connectivity index (χ0n) is 36.1. The van der Waals surface area contributed by atoms with Crippen molar-refractivity contribution in [3.05, 3.63) is 85.1 Å². The quantitative estimate of drug-likeness (QED) is 0.0268. The number of ether oxygens (including phenoxy) is 3. The molecule has 1 unspecified atom stereocenters. The largest absolute Gasteiger partial charge is 0.462 e. The Morgan fingerprint density at radius 3 is 1.23 bits per heavy atom. The summed E-state index contributed by atoms with van der Waals surface area (Å²) in [5, 5.41) is 0. The average molecular weight is 779 g/mol. The van der Waals surface area contributed by atoms with Crippen LogP contribution in [0.3, 0.4) is 0 Å². The molecule has 0 rings (SSSR count). The molecule has 0 N–H and O–H groups in total. The van der Waals surface area contributed by atoms with E-state index in [1.165, 1.54) is 38.5 Å². The molecule has 0 spiro atoms. The highest BCUT2D eigenvalue weighted by Gasteiger charge is 2.19. The summed E-state index contributed by atoms with van der Waals surface area (Å²) >= 11 is 0. The van der Waals surface area contributed by atoms with Crippen LogP contribution in [0.25, 0.3) is 0 Å². The van der Waals surface area contributed by atoms with Crippen LogP contribution in [-0.4, -0.2) is 37.2 Å². The van der Waals surface area contributed by atoms with E-state index in [1.54, 1.807) is 0 Å². The van der Waals surface area contributed by atoms with E-state index in [9.17, 15) is 14.4 Å². The van der Waals surface area contributed by atoms with Gasteiger partial charge in [0.2, 0.25) is 0 Å². The Morgan fingerprint density at radius 2 is 0.732 bits per heavy atom. The van der Waals surface area contributed by atoms with Gasteiger partial charge in [0.1, 0.15) is 13.2 Å². The summed E-state index contributed by atoms with van der Waals surface area (Å²) in [6.07, 6.45) is 55.8. The minimum atomic E-state index is -0.804. The lowest BCUT2D eigenvalue weighted by Crippen LogP contribution is -2.30. The van der Waals surface area contributed by atoms with Gasteiger partial charge in [0, 0.05) is 19.3 Å². The lowest BCUT2D eigenvalue weighted by molar-refractivity contribution is -0.167. The number of hydrogen-bond acceptors (Lipinski definition) is 6. The minimum absolute atomic E-state index is 0.108. The van der Waals surface area contributed by atoms with Gasteiger partial charge in [0.25, 0.3) is 0 Å². The van der Waals surface area contributed by atoms with Crippen molar-refractivity contribution in [2.24, 2.45) is 0 Å². The van der Waals surface area contributed by atoms with Gasteiger partial charge in [0.15, 0.2) is 6.10 Å². The third-order valence-corrected chi connectivity index (χ3v) is 9.10. The molecule has 1 atom stereocenters. The van der Waals surface area contributed by atoms with Crippen molar-refractivity contribution in [2.75, 3.05) is 13.2 Å². The van der Waals surface area contributed by atoms with Crippen molar-refractivity contribution in [1.29, 1.82) is 0 Å². The van der Waals surface area contributed by atoms with Gasteiger partial charge >= 0.3 is 17.9 Å². The van der Waals surface area contributed by atoms with E-state index >= 15 is 0 Å². The Labute approximate surface area is 344 Å². The van der Waals surface area contributed by atoms with Gasteiger partial charge in [-0.2, -0.15) is 0 Å². The molecule has 0 bridgehead atoms. The number of carbonyl (C=O) groups excluding carboxylic acids is 3. The number of esters is 3. The third-order valence-electron chi connectivity index (χ3n) is 9.10. The van der Waals surface area contributed by atoms with Crippen molar-refractivity contribution in [3.63, 3.8) is 0 Å². The maximum atomic E-state index is 12.7.